The zero-order valence-electron chi connectivity index (χ0n) is 12.4. The maximum atomic E-state index is 11.8. The molecule has 0 fully saturated rings. The number of carbonyl (C=O) groups is 2. The largest absolute Gasteiger partial charge is 0.452 e. The van der Waals surface area contributed by atoms with Crippen molar-refractivity contribution in [2.75, 3.05) is 11.9 Å². The first-order valence-corrected chi connectivity index (χ1v) is 6.65. The van der Waals surface area contributed by atoms with Crippen molar-refractivity contribution < 1.29 is 14.3 Å². The van der Waals surface area contributed by atoms with Gasteiger partial charge in [0.1, 0.15) is 0 Å². The number of hydrogen-bond acceptors (Lipinski definition) is 3. The number of esters is 1. The van der Waals surface area contributed by atoms with Gasteiger partial charge in [0.05, 0.1) is 0 Å². The lowest BCUT2D eigenvalue weighted by molar-refractivity contribution is -0.142. The molecule has 108 valence electrons. The van der Waals surface area contributed by atoms with Gasteiger partial charge in [-0.1, -0.05) is 30.7 Å². The minimum Gasteiger partial charge on any atom is -0.452 e. The summed E-state index contributed by atoms with van der Waals surface area (Å²) < 4.78 is 4.84. The molecule has 4 nitrogen and oxygen atoms in total. The molecule has 0 aliphatic heterocycles. The molecule has 20 heavy (non-hydrogen) atoms. The minimum absolute atomic E-state index is 0.278. The van der Waals surface area contributed by atoms with Gasteiger partial charge in [0.25, 0.3) is 5.91 Å². The number of nitrogens with one attached hydrogen (secondary N) is 1. The zero-order valence-corrected chi connectivity index (χ0v) is 12.4. The SMILES string of the molecule is CC/C=C/C(=O)OCC(=O)Nc1c(C)cc(C)cc1C. The fourth-order valence-corrected chi connectivity index (χ4v) is 1.95. The van der Waals surface area contributed by atoms with E-state index in [0.717, 1.165) is 28.8 Å². The number of benzene rings is 1. The Kier molecular flexibility index (Phi) is 5.97. The zero-order chi connectivity index (χ0) is 15.1. The molecular weight excluding hydrogens is 254 g/mol. The molecule has 1 aromatic carbocycles. The van der Waals surface area contributed by atoms with Crippen molar-refractivity contribution in [3.63, 3.8) is 0 Å². The van der Waals surface area contributed by atoms with Gasteiger partial charge in [-0.25, -0.2) is 4.79 Å². The van der Waals surface area contributed by atoms with Crippen molar-refractivity contribution in [1.82, 2.24) is 0 Å². The van der Waals surface area contributed by atoms with Crippen LogP contribution < -0.4 is 5.32 Å². The van der Waals surface area contributed by atoms with Gasteiger partial charge >= 0.3 is 5.97 Å². The number of hydrogen-bond donors (Lipinski definition) is 1. The van der Waals surface area contributed by atoms with Gasteiger partial charge in [-0.05, 0) is 38.3 Å². The normalized spacial score (nSPS) is 10.6. The first-order valence-electron chi connectivity index (χ1n) is 6.65. The number of ether oxygens (including phenoxy) is 1. The van der Waals surface area contributed by atoms with Gasteiger partial charge in [-0.15, -0.1) is 0 Å². The van der Waals surface area contributed by atoms with E-state index in [2.05, 4.69) is 5.32 Å². The summed E-state index contributed by atoms with van der Waals surface area (Å²) in [5.41, 5.74) is 3.91. The second-order valence-electron chi connectivity index (χ2n) is 4.74. The first kappa shape index (κ1) is 16.0. The molecule has 0 saturated heterocycles. The van der Waals surface area contributed by atoms with Crippen LogP contribution in [-0.4, -0.2) is 18.5 Å². The van der Waals surface area contributed by atoms with Crippen LogP contribution in [0.15, 0.2) is 24.3 Å². The van der Waals surface area contributed by atoms with E-state index in [9.17, 15) is 9.59 Å². The summed E-state index contributed by atoms with van der Waals surface area (Å²) in [5, 5.41) is 2.78. The Balaban J connectivity index is 2.59. The summed E-state index contributed by atoms with van der Waals surface area (Å²) in [6.45, 7) is 7.52. The van der Waals surface area contributed by atoms with Crippen molar-refractivity contribution in [1.29, 1.82) is 0 Å². The van der Waals surface area contributed by atoms with Crippen LogP contribution in [0.3, 0.4) is 0 Å². The molecule has 0 atom stereocenters. The van der Waals surface area contributed by atoms with Crippen LogP contribution in [0.1, 0.15) is 30.0 Å². The van der Waals surface area contributed by atoms with E-state index >= 15 is 0 Å². The quantitative estimate of drug-likeness (QED) is 0.663. The van der Waals surface area contributed by atoms with Crippen LogP contribution >= 0.6 is 0 Å². The van der Waals surface area contributed by atoms with E-state index in [0.29, 0.717) is 0 Å². The molecule has 0 bridgehead atoms. The van der Waals surface area contributed by atoms with Crippen LogP contribution in [-0.2, 0) is 14.3 Å². The third-order valence-corrected chi connectivity index (χ3v) is 2.78. The number of carbonyl (C=O) groups excluding carboxylic acids is 2. The standard InChI is InChI=1S/C16H21NO3/c1-5-6-7-15(19)20-10-14(18)17-16-12(3)8-11(2)9-13(16)4/h6-9H,5,10H2,1-4H3,(H,17,18)/b7-6+. The smallest absolute Gasteiger partial charge is 0.330 e. The van der Waals surface area contributed by atoms with E-state index in [1.54, 1.807) is 6.08 Å². The van der Waals surface area contributed by atoms with E-state index in [1.165, 1.54) is 6.08 Å². The van der Waals surface area contributed by atoms with E-state index in [1.807, 2.05) is 39.8 Å². The van der Waals surface area contributed by atoms with Gasteiger partial charge in [-0.3, -0.25) is 4.79 Å². The fourth-order valence-electron chi connectivity index (χ4n) is 1.95. The Hall–Kier alpha value is -2.10. The van der Waals surface area contributed by atoms with Gasteiger partial charge in [0.15, 0.2) is 6.61 Å². The number of amides is 1. The molecule has 0 spiro atoms. The molecule has 0 saturated carbocycles. The number of aryl methyl sites for hydroxylation is 3. The molecule has 0 aliphatic carbocycles. The molecule has 4 heteroatoms. The molecule has 1 amide bonds. The summed E-state index contributed by atoms with van der Waals surface area (Å²) in [4.78, 5) is 23.0. The Morgan fingerprint density at radius 2 is 1.80 bits per heavy atom. The van der Waals surface area contributed by atoms with Crippen LogP contribution in [0.5, 0.6) is 0 Å². The fraction of sp³-hybridized carbons (Fsp3) is 0.375. The highest BCUT2D eigenvalue weighted by Crippen LogP contribution is 2.21. The van der Waals surface area contributed by atoms with Gasteiger partial charge in [0, 0.05) is 11.8 Å². The lowest BCUT2D eigenvalue weighted by Crippen LogP contribution is -2.21. The van der Waals surface area contributed by atoms with Crippen LogP contribution in [0.2, 0.25) is 0 Å². The van der Waals surface area contributed by atoms with Crippen LogP contribution in [0, 0.1) is 20.8 Å². The van der Waals surface area contributed by atoms with Crippen molar-refractivity contribution in [3.8, 4) is 0 Å². The van der Waals surface area contributed by atoms with E-state index < -0.39 is 5.97 Å². The second-order valence-corrected chi connectivity index (χ2v) is 4.74. The Bertz CT molecular complexity index is 510. The lowest BCUT2D eigenvalue weighted by Gasteiger charge is -2.12. The highest BCUT2D eigenvalue weighted by Gasteiger charge is 2.09. The summed E-state index contributed by atoms with van der Waals surface area (Å²) >= 11 is 0. The summed E-state index contributed by atoms with van der Waals surface area (Å²) in [6, 6.07) is 4.00. The van der Waals surface area contributed by atoms with Crippen LogP contribution in [0.4, 0.5) is 5.69 Å². The molecule has 1 N–H and O–H groups in total. The van der Waals surface area contributed by atoms with Crippen molar-refractivity contribution in [2.45, 2.75) is 34.1 Å². The highest BCUT2D eigenvalue weighted by atomic mass is 16.5. The Morgan fingerprint density at radius 3 is 2.35 bits per heavy atom. The number of rotatable bonds is 5. The second kappa shape index (κ2) is 7.48. The third-order valence-electron chi connectivity index (χ3n) is 2.78. The average Bonchev–Trinajstić information content (AvgIpc) is 2.38. The van der Waals surface area contributed by atoms with Crippen molar-refractivity contribution >= 4 is 17.6 Å². The molecular formula is C16H21NO3. The number of allylic oxidation sites excluding steroid dienone is 1. The summed E-state index contributed by atoms with van der Waals surface area (Å²) in [6.07, 6.45) is 3.77. The van der Waals surface area contributed by atoms with E-state index in [4.69, 9.17) is 4.74 Å². The monoisotopic (exact) mass is 275 g/mol. The molecule has 1 rings (SSSR count). The minimum atomic E-state index is -0.501. The maximum absolute atomic E-state index is 11.8. The summed E-state index contributed by atoms with van der Waals surface area (Å²) in [5.74, 6) is -0.836. The molecule has 0 aliphatic rings. The van der Waals surface area contributed by atoms with Crippen molar-refractivity contribution in [3.05, 3.63) is 41.0 Å². The topological polar surface area (TPSA) is 55.4 Å². The first-order chi connectivity index (χ1) is 9.43. The lowest BCUT2D eigenvalue weighted by atomic mass is 10.1. The third kappa shape index (κ3) is 4.88. The van der Waals surface area contributed by atoms with Crippen molar-refractivity contribution in [2.24, 2.45) is 0 Å². The van der Waals surface area contributed by atoms with Gasteiger partial charge < -0.3 is 10.1 Å². The highest BCUT2D eigenvalue weighted by molar-refractivity contribution is 5.95. The van der Waals surface area contributed by atoms with Crippen LogP contribution in [0.25, 0.3) is 0 Å². The molecule has 0 radical (unpaired) electrons. The average molecular weight is 275 g/mol. The van der Waals surface area contributed by atoms with E-state index in [-0.39, 0.29) is 12.5 Å². The molecule has 1 aromatic rings. The Labute approximate surface area is 119 Å². The summed E-state index contributed by atoms with van der Waals surface area (Å²) in [7, 11) is 0. The predicted molar refractivity (Wildman–Crippen MR) is 79.7 cm³/mol. The molecule has 0 aromatic heterocycles. The van der Waals surface area contributed by atoms with Gasteiger partial charge in [-0.2, -0.15) is 0 Å². The molecule has 0 heterocycles. The maximum Gasteiger partial charge on any atom is 0.330 e. The Morgan fingerprint density at radius 1 is 1.20 bits per heavy atom. The number of anilines is 1. The predicted octanol–water partition coefficient (Wildman–Crippen LogP) is 3.06. The van der Waals surface area contributed by atoms with Gasteiger partial charge in [0.2, 0.25) is 0 Å². The molecule has 0 unspecified atom stereocenters.